The van der Waals surface area contributed by atoms with E-state index < -0.39 is 0 Å². The van der Waals surface area contributed by atoms with Crippen molar-refractivity contribution in [3.63, 3.8) is 0 Å². The lowest BCUT2D eigenvalue weighted by Gasteiger charge is -2.34. The van der Waals surface area contributed by atoms with Gasteiger partial charge in [-0.3, -0.25) is 9.78 Å². The van der Waals surface area contributed by atoms with E-state index in [0.717, 1.165) is 17.9 Å². The van der Waals surface area contributed by atoms with Crippen LogP contribution in [0, 0.1) is 0 Å². The zero-order valence-electron chi connectivity index (χ0n) is 13.6. The third-order valence-electron chi connectivity index (χ3n) is 4.17. The molecule has 24 heavy (non-hydrogen) atoms. The van der Waals surface area contributed by atoms with Crippen LogP contribution >= 0.6 is 0 Å². The lowest BCUT2D eigenvalue weighted by Crippen LogP contribution is -2.48. The molecule has 2 aromatic rings. The molecule has 1 unspecified atom stereocenters. The molecule has 6 nitrogen and oxygen atoms in total. The Morgan fingerprint density at radius 3 is 3.04 bits per heavy atom. The highest BCUT2D eigenvalue weighted by molar-refractivity contribution is 5.78. The van der Waals surface area contributed by atoms with Gasteiger partial charge >= 0.3 is 0 Å². The highest BCUT2D eigenvalue weighted by Gasteiger charge is 2.24. The second-order valence-electron chi connectivity index (χ2n) is 5.81. The molecule has 1 atom stereocenters. The predicted octanol–water partition coefficient (Wildman–Crippen LogP) is 1.51. The number of pyridine rings is 1. The zero-order chi connectivity index (χ0) is 16.9. The molecule has 1 aromatic heterocycles. The van der Waals surface area contributed by atoms with Gasteiger partial charge in [-0.1, -0.05) is 12.1 Å². The van der Waals surface area contributed by atoms with Gasteiger partial charge < -0.3 is 20.1 Å². The van der Waals surface area contributed by atoms with Crippen LogP contribution in [0.25, 0.3) is 0 Å². The van der Waals surface area contributed by atoms with Crippen LogP contribution in [0.3, 0.4) is 0 Å². The fraction of sp³-hybridized carbons (Fsp3) is 0.333. The number of piperazine rings is 1. The molecule has 2 N–H and O–H groups in total. The van der Waals surface area contributed by atoms with Gasteiger partial charge in [0.2, 0.25) is 5.91 Å². The Balaban J connectivity index is 1.66. The van der Waals surface area contributed by atoms with E-state index in [1.165, 1.54) is 6.20 Å². The molecule has 1 aromatic carbocycles. The number of amides is 1. The second kappa shape index (κ2) is 7.31. The molecule has 0 saturated carbocycles. The Morgan fingerprint density at radius 2 is 2.29 bits per heavy atom. The minimum atomic E-state index is 0.0441. The number of aromatic nitrogens is 1. The Bertz CT molecular complexity index is 703. The number of ether oxygens (including phenoxy) is 1. The van der Waals surface area contributed by atoms with Crippen molar-refractivity contribution in [2.75, 3.05) is 26.7 Å². The second-order valence-corrected chi connectivity index (χ2v) is 5.81. The molecule has 6 heteroatoms. The van der Waals surface area contributed by atoms with Crippen molar-refractivity contribution in [2.24, 2.45) is 0 Å². The Labute approximate surface area is 141 Å². The lowest BCUT2D eigenvalue weighted by molar-refractivity contribution is -0.131. The van der Waals surface area contributed by atoms with Gasteiger partial charge in [-0.05, 0) is 29.8 Å². The van der Waals surface area contributed by atoms with Crippen LogP contribution in [-0.4, -0.2) is 47.6 Å². The van der Waals surface area contributed by atoms with Crippen LogP contribution in [-0.2, 0) is 11.2 Å². The zero-order valence-corrected chi connectivity index (χ0v) is 13.6. The maximum Gasteiger partial charge on any atom is 0.228 e. The number of benzene rings is 1. The van der Waals surface area contributed by atoms with E-state index in [-0.39, 0.29) is 24.1 Å². The van der Waals surface area contributed by atoms with Gasteiger partial charge in [0, 0.05) is 25.3 Å². The van der Waals surface area contributed by atoms with Gasteiger partial charge in [0.25, 0.3) is 0 Å². The summed E-state index contributed by atoms with van der Waals surface area (Å²) in [5.41, 5.74) is 1.77. The average Bonchev–Trinajstić information content (AvgIpc) is 2.64. The number of carbonyl (C=O) groups excluding carboxylic acids is 1. The third kappa shape index (κ3) is 3.83. The first kappa shape index (κ1) is 16.3. The van der Waals surface area contributed by atoms with E-state index >= 15 is 0 Å². The fourth-order valence-electron chi connectivity index (χ4n) is 2.85. The molecule has 3 rings (SSSR count). The van der Waals surface area contributed by atoms with Gasteiger partial charge in [-0.25, -0.2) is 0 Å². The Morgan fingerprint density at radius 1 is 1.42 bits per heavy atom. The minimum Gasteiger partial charge on any atom is -0.506 e. The quantitative estimate of drug-likeness (QED) is 0.890. The highest BCUT2D eigenvalue weighted by atomic mass is 16.5. The topological polar surface area (TPSA) is 74.7 Å². The molecule has 1 saturated heterocycles. The van der Waals surface area contributed by atoms with Crippen molar-refractivity contribution in [2.45, 2.75) is 12.5 Å². The predicted molar refractivity (Wildman–Crippen MR) is 89.9 cm³/mol. The molecule has 1 aliphatic rings. The average molecular weight is 327 g/mol. The van der Waals surface area contributed by atoms with Crippen LogP contribution < -0.4 is 10.1 Å². The molecular formula is C18H21N3O3. The number of hydrogen-bond donors (Lipinski definition) is 2. The minimum absolute atomic E-state index is 0.0441. The molecule has 1 aliphatic heterocycles. The number of aromatic hydroxyl groups is 1. The maximum atomic E-state index is 12.5. The first-order valence-electron chi connectivity index (χ1n) is 7.94. The van der Waals surface area contributed by atoms with E-state index in [1.807, 2.05) is 29.2 Å². The number of nitrogens with zero attached hydrogens (tertiary/aromatic N) is 2. The molecule has 126 valence electrons. The Kier molecular flexibility index (Phi) is 4.96. The van der Waals surface area contributed by atoms with E-state index in [0.29, 0.717) is 18.8 Å². The van der Waals surface area contributed by atoms with Gasteiger partial charge in [-0.15, -0.1) is 0 Å². The SMILES string of the molecule is COc1cccc(C2CN(C(=O)Cc3ccc(O)cn3)CCN2)c1. The molecule has 0 spiro atoms. The fourth-order valence-corrected chi connectivity index (χ4v) is 2.85. The van der Waals surface area contributed by atoms with Crippen molar-refractivity contribution < 1.29 is 14.6 Å². The molecule has 1 amide bonds. The van der Waals surface area contributed by atoms with E-state index in [1.54, 1.807) is 19.2 Å². The molecule has 0 radical (unpaired) electrons. The summed E-state index contributed by atoms with van der Waals surface area (Å²) in [6, 6.07) is 11.2. The van der Waals surface area contributed by atoms with Crippen LogP contribution in [0.1, 0.15) is 17.3 Å². The van der Waals surface area contributed by atoms with Crippen molar-refractivity contribution >= 4 is 5.91 Å². The van der Waals surface area contributed by atoms with Crippen molar-refractivity contribution in [1.29, 1.82) is 0 Å². The smallest absolute Gasteiger partial charge is 0.228 e. The summed E-state index contributed by atoms with van der Waals surface area (Å²) < 4.78 is 5.27. The van der Waals surface area contributed by atoms with Gasteiger partial charge in [0.1, 0.15) is 11.5 Å². The van der Waals surface area contributed by atoms with E-state index in [2.05, 4.69) is 10.3 Å². The summed E-state index contributed by atoms with van der Waals surface area (Å²) in [6.07, 6.45) is 1.60. The summed E-state index contributed by atoms with van der Waals surface area (Å²) in [7, 11) is 1.65. The van der Waals surface area contributed by atoms with Crippen LogP contribution in [0.2, 0.25) is 0 Å². The molecule has 2 heterocycles. The van der Waals surface area contributed by atoms with E-state index in [9.17, 15) is 9.90 Å². The number of nitrogens with one attached hydrogen (secondary N) is 1. The number of carbonyl (C=O) groups is 1. The summed E-state index contributed by atoms with van der Waals surface area (Å²) in [5, 5.41) is 12.7. The third-order valence-corrected chi connectivity index (χ3v) is 4.17. The van der Waals surface area contributed by atoms with Crippen LogP contribution in [0.4, 0.5) is 0 Å². The lowest BCUT2D eigenvalue weighted by atomic mass is 10.0. The van der Waals surface area contributed by atoms with Crippen molar-refractivity contribution in [1.82, 2.24) is 15.2 Å². The number of methoxy groups -OCH3 is 1. The van der Waals surface area contributed by atoms with Gasteiger partial charge in [0.05, 0.1) is 25.8 Å². The molecular weight excluding hydrogens is 306 g/mol. The molecule has 0 bridgehead atoms. The van der Waals surface area contributed by atoms with E-state index in [4.69, 9.17) is 4.74 Å². The standard InChI is InChI=1S/C18H21N3O3/c1-24-16-4-2-3-13(9-16)17-12-21(8-7-19-17)18(23)10-14-5-6-15(22)11-20-14/h2-6,9,11,17,19,22H,7-8,10,12H2,1H3. The first-order valence-corrected chi connectivity index (χ1v) is 7.94. The Hall–Kier alpha value is -2.60. The van der Waals surface area contributed by atoms with Gasteiger partial charge in [0.15, 0.2) is 0 Å². The summed E-state index contributed by atoms with van der Waals surface area (Å²) in [5.74, 6) is 0.958. The monoisotopic (exact) mass is 327 g/mol. The van der Waals surface area contributed by atoms with Crippen molar-refractivity contribution in [3.05, 3.63) is 53.9 Å². The van der Waals surface area contributed by atoms with Crippen molar-refractivity contribution in [3.8, 4) is 11.5 Å². The summed E-state index contributed by atoms with van der Waals surface area (Å²) in [4.78, 5) is 18.5. The van der Waals surface area contributed by atoms with Gasteiger partial charge in [-0.2, -0.15) is 0 Å². The van der Waals surface area contributed by atoms with Crippen LogP contribution in [0.5, 0.6) is 11.5 Å². The maximum absolute atomic E-state index is 12.5. The highest BCUT2D eigenvalue weighted by Crippen LogP contribution is 2.22. The largest absolute Gasteiger partial charge is 0.506 e. The normalized spacial score (nSPS) is 17.5. The van der Waals surface area contributed by atoms with Crippen LogP contribution in [0.15, 0.2) is 42.6 Å². The molecule has 1 fully saturated rings. The first-order chi connectivity index (χ1) is 11.7. The summed E-state index contributed by atoms with van der Waals surface area (Å²) >= 11 is 0. The number of hydrogen-bond acceptors (Lipinski definition) is 5. The summed E-state index contributed by atoms with van der Waals surface area (Å²) in [6.45, 7) is 2.04. The number of rotatable bonds is 4. The molecule has 0 aliphatic carbocycles.